The van der Waals surface area contributed by atoms with Crippen LogP contribution in [0.2, 0.25) is 0 Å². The largest absolute Gasteiger partial charge is 0.482 e. The predicted octanol–water partition coefficient (Wildman–Crippen LogP) is 2.13. The molecule has 1 saturated carbocycles. The Morgan fingerprint density at radius 3 is 2.96 bits per heavy atom. The summed E-state index contributed by atoms with van der Waals surface area (Å²) in [5, 5.41) is 5.79. The van der Waals surface area contributed by atoms with E-state index in [-0.39, 0.29) is 42.9 Å². The fraction of sp³-hybridized carbons (Fsp3) is 0.529. The van der Waals surface area contributed by atoms with Gasteiger partial charge in [-0.3, -0.25) is 9.59 Å². The number of nitrogens with one attached hydrogen (secondary N) is 2. The maximum atomic E-state index is 12.2. The third kappa shape index (κ3) is 4.19. The lowest BCUT2D eigenvalue weighted by atomic mass is 9.99. The van der Waals surface area contributed by atoms with Crippen LogP contribution in [-0.2, 0) is 9.59 Å². The van der Waals surface area contributed by atoms with E-state index >= 15 is 0 Å². The summed E-state index contributed by atoms with van der Waals surface area (Å²) < 4.78 is 5.34. The Bertz CT molecular complexity index is 623. The van der Waals surface area contributed by atoms with Crippen molar-refractivity contribution in [2.24, 2.45) is 11.7 Å². The van der Waals surface area contributed by atoms with Gasteiger partial charge in [-0.25, -0.2) is 0 Å². The molecule has 6 nitrogen and oxygen atoms in total. The van der Waals surface area contributed by atoms with Crippen molar-refractivity contribution in [2.75, 3.05) is 11.9 Å². The Morgan fingerprint density at radius 1 is 1.46 bits per heavy atom. The molecule has 0 spiro atoms. The minimum atomic E-state index is -0.165. The van der Waals surface area contributed by atoms with Crippen LogP contribution in [-0.4, -0.2) is 24.5 Å². The average molecular weight is 354 g/mol. The van der Waals surface area contributed by atoms with Crippen LogP contribution >= 0.6 is 12.4 Å². The number of ether oxygens (including phenoxy) is 1. The summed E-state index contributed by atoms with van der Waals surface area (Å²) in [6.07, 6.45) is 3.64. The van der Waals surface area contributed by atoms with E-state index in [1.54, 1.807) is 0 Å². The topological polar surface area (TPSA) is 93.5 Å². The molecule has 0 saturated heterocycles. The summed E-state index contributed by atoms with van der Waals surface area (Å²) >= 11 is 0. The van der Waals surface area contributed by atoms with Gasteiger partial charge in [0, 0.05) is 12.5 Å². The first-order chi connectivity index (χ1) is 11.0. The molecule has 24 heavy (non-hydrogen) atoms. The maximum absolute atomic E-state index is 12.2. The minimum Gasteiger partial charge on any atom is -0.482 e. The number of fused-ring (bicyclic) bond motifs is 1. The molecule has 2 aliphatic rings. The Hall–Kier alpha value is -1.79. The van der Waals surface area contributed by atoms with Crippen LogP contribution in [0, 0.1) is 5.92 Å². The third-order valence-corrected chi connectivity index (χ3v) is 4.68. The first kappa shape index (κ1) is 18.5. The van der Waals surface area contributed by atoms with Crippen LogP contribution in [0.5, 0.6) is 5.75 Å². The number of anilines is 1. The molecule has 7 heteroatoms. The Morgan fingerprint density at radius 2 is 2.25 bits per heavy atom. The third-order valence-electron chi connectivity index (χ3n) is 4.68. The van der Waals surface area contributed by atoms with Gasteiger partial charge in [0.05, 0.1) is 11.7 Å². The second kappa shape index (κ2) is 7.85. The van der Waals surface area contributed by atoms with Crippen LogP contribution in [0.25, 0.3) is 0 Å². The van der Waals surface area contributed by atoms with Gasteiger partial charge in [-0.2, -0.15) is 0 Å². The smallest absolute Gasteiger partial charge is 0.262 e. The number of hydrogen-bond donors (Lipinski definition) is 3. The van der Waals surface area contributed by atoms with Crippen molar-refractivity contribution in [1.82, 2.24) is 5.32 Å². The van der Waals surface area contributed by atoms with Gasteiger partial charge in [-0.05, 0) is 43.4 Å². The molecule has 0 radical (unpaired) electrons. The number of benzene rings is 1. The molecule has 2 amide bonds. The normalized spacial score (nSPS) is 23.3. The van der Waals surface area contributed by atoms with Crippen molar-refractivity contribution in [3.63, 3.8) is 0 Å². The highest BCUT2D eigenvalue weighted by atomic mass is 35.5. The van der Waals surface area contributed by atoms with Gasteiger partial charge in [0.2, 0.25) is 5.91 Å². The van der Waals surface area contributed by atoms with Gasteiger partial charge >= 0.3 is 0 Å². The summed E-state index contributed by atoms with van der Waals surface area (Å²) in [6, 6.07) is 5.58. The van der Waals surface area contributed by atoms with E-state index in [0.29, 0.717) is 23.8 Å². The van der Waals surface area contributed by atoms with Crippen molar-refractivity contribution in [3.8, 4) is 5.75 Å². The van der Waals surface area contributed by atoms with E-state index in [9.17, 15) is 9.59 Å². The zero-order valence-electron chi connectivity index (χ0n) is 13.7. The number of rotatable bonds is 4. The van der Waals surface area contributed by atoms with Crippen LogP contribution in [0.1, 0.15) is 44.2 Å². The lowest BCUT2D eigenvalue weighted by Crippen LogP contribution is -2.33. The van der Waals surface area contributed by atoms with Gasteiger partial charge in [0.15, 0.2) is 6.61 Å². The van der Waals surface area contributed by atoms with Gasteiger partial charge < -0.3 is 21.1 Å². The molecule has 132 valence electrons. The van der Waals surface area contributed by atoms with E-state index in [1.807, 2.05) is 25.1 Å². The zero-order valence-corrected chi connectivity index (χ0v) is 14.5. The zero-order chi connectivity index (χ0) is 16.4. The Labute approximate surface area is 147 Å². The molecule has 1 aliphatic heterocycles. The summed E-state index contributed by atoms with van der Waals surface area (Å²) in [6.45, 7) is 1.97. The number of carbonyl (C=O) groups excluding carboxylic acids is 2. The molecule has 0 aromatic heterocycles. The summed E-state index contributed by atoms with van der Waals surface area (Å²) in [5.41, 5.74) is 7.60. The number of halogens is 1. The molecule has 4 N–H and O–H groups in total. The highest BCUT2D eigenvalue weighted by Gasteiger charge is 2.26. The number of carbonyl (C=O) groups is 2. The molecule has 3 rings (SSSR count). The first-order valence-corrected chi connectivity index (χ1v) is 8.14. The first-order valence-electron chi connectivity index (χ1n) is 8.14. The van der Waals surface area contributed by atoms with E-state index in [4.69, 9.17) is 10.5 Å². The Balaban J connectivity index is 0.00000208. The SMILES string of the molecule is CC(NC(=O)C[C@@H]1CCC[C@H]1N)c1ccc2c(c1)NC(=O)CO2.Cl. The van der Waals surface area contributed by atoms with Gasteiger partial charge in [-0.15, -0.1) is 12.4 Å². The maximum Gasteiger partial charge on any atom is 0.262 e. The second-order valence-corrected chi connectivity index (χ2v) is 6.44. The highest BCUT2D eigenvalue weighted by Crippen LogP contribution is 2.31. The predicted molar refractivity (Wildman–Crippen MR) is 94.3 cm³/mol. The van der Waals surface area contributed by atoms with E-state index < -0.39 is 0 Å². The van der Waals surface area contributed by atoms with Crippen molar-refractivity contribution < 1.29 is 14.3 Å². The van der Waals surface area contributed by atoms with Crippen LogP contribution in [0.3, 0.4) is 0 Å². The highest BCUT2D eigenvalue weighted by molar-refractivity contribution is 5.95. The van der Waals surface area contributed by atoms with Crippen molar-refractivity contribution in [1.29, 1.82) is 0 Å². The molecular formula is C17H24ClN3O3. The monoisotopic (exact) mass is 353 g/mol. The van der Waals surface area contributed by atoms with E-state index in [1.165, 1.54) is 0 Å². The summed E-state index contributed by atoms with van der Waals surface area (Å²) in [5.74, 6) is 0.807. The van der Waals surface area contributed by atoms with Gasteiger partial charge in [-0.1, -0.05) is 12.5 Å². The summed E-state index contributed by atoms with van der Waals surface area (Å²) in [4.78, 5) is 23.6. The number of hydrogen-bond acceptors (Lipinski definition) is 4. The van der Waals surface area contributed by atoms with Crippen molar-refractivity contribution in [2.45, 2.75) is 44.7 Å². The molecule has 1 aromatic carbocycles. The fourth-order valence-electron chi connectivity index (χ4n) is 3.31. The number of amides is 2. The molecule has 0 bridgehead atoms. The molecule has 1 heterocycles. The molecule has 3 atom stereocenters. The molecule has 1 unspecified atom stereocenters. The van der Waals surface area contributed by atoms with Crippen molar-refractivity contribution in [3.05, 3.63) is 23.8 Å². The molecule has 1 aliphatic carbocycles. The van der Waals surface area contributed by atoms with Crippen LogP contribution in [0.15, 0.2) is 18.2 Å². The Kier molecular flexibility index (Phi) is 6.07. The standard InChI is InChI=1S/C17H23N3O3.ClH/c1-10(19-16(21)8-12-3-2-4-13(12)18)11-5-6-15-14(7-11)20-17(22)9-23-15;/h5-7,10,12-13H,2-4,8-9,18H2,1H3,(H,19,21)(H,20,22);1H/t10?,12-,13+;/m0./s1. The fourth-order valence-corrected chi connectivity index (χ4v) is 3.31. The second-order valence-electron chi connectivity index (χ2n) is 6.44. The van der Waals surface area contributed by atoms with E-state index in [2.05, 4.69) is 10.6 Å². The van der Waals surface area contributed by atoms with E-state index in [0.717, 1.165) is 24.8 Å². The quantitative estimate of drug-likeness (QED) is 0.773. The van der Waals surface area contributed by atoms with Crippen molar-refractivity contribution >= 4 is 29.9 Å². The molecule has 1 fully saturated rings. The lowest BCUT2D eigenvalue weighted by molar-refractivity contribution is -0.122. The lowest BCUT2D eigenvalue weighted by Gasteiger charge is -2.22. The average Bonchev–Trinajstić information content (AvgIpc) is 2.91. The molecular weight excluding hydrogens is 330 g/mol. The van der Waals surface area contributed by atoms with Crippen LogP contribution in [0.4, 0.5) is 5.69 Å². The van der Waals surface area contributed by atoms with Gasteiger partial charge in [0.1, 0.15) is 5.75 Å². The molecule has 1 aromatic rings. The number of nitrogens with two attached hydrogens (primary N) is 1. The van der Waals surface area contributed by atoms with Crippen LogP contribution < -0.4 is 21.1 Å². The summed E-state index contributed by atoms with van der Waals surface area (Å²) in [7, 11) is 0. The minimum absolute atomic E-state index is 0. The van der Waals surface area contributed by atoms with Gasteiger partial charge in [0.25, 0.3) is 5.91 Å².